The van der Waals surface area contributed by atoms with E-state index in [0.717, 1.165) is 20.8 Å². The molecule has 2 aromatic carbocycles. The molecule has 2 N–H and O–H groups in total. The molecule has 29 heavy (non-hydrogen) atoms. The van der Waals surface area contributed by atoms with Crippen molar-refractivity contribution in [2.45, 2.75) is 17.7 Å². The zero-order valence-electron chi connectivity index (χ0n) is 15.3. The van der Waals surface area contributed by atoms with Crippen LogP contribution in [-0.2, 0) is 31.3 Å². The fraction of sp³-hybridized carbons (Fsp3) is 0.211. The van der Waals surface area contributed by atoms with Crippen molar-refractivity contribution in [2.75, 3.05) is 16.6 Å². The summed E-state index contributed by atoms with van der Waals surface area (Å²) in [6, 6.07) is 13.0. The second-order valence-electron chi connectivity index (χ2n) is 6.73. The van der Waals surface area contributed by atoms with Crippen LogP contribution in [-0.4, -0.2) is 40.0 Å². The Bertz CT molecular complexity index is 1280. The van der Waals surface area contributed by atoms with Crippen molar-refractivity contribution in [3.8, 4) is 0 Å². The van der Waals surface area contributed by atoms with Crippen molar-refractivity contribution in [2.24, 2.45) is 0 Å². The minimum atomic E-state index is -3.76. The number of hydrogen-bond donors (Lipinski definition) is 2. The van der Waals surface area contributed by atoms with Crippen LogP contribution < -0.4 is 9.03 Å². The van der Waals surface area contributed by atoms with Gasteiger partial charge in [0.2, 0.25) is 26.0 Å². The number of carbonyl (C=O) groups is 1. The molecule has 0 unspecified atom stereocenters. The molecule has 8 nitrogen and oxygen atoms in total. The van der Waals surface area contributed by atoms with Gasteiger partial charge in [-0.05, 0) is 42.3 Å². The number of H-pyrrole nitrogens is 1. The number of sulfonamides is 2. The number of nitrogens with zero attached hydrogens (tertiary/aromatic N) is 1. The molecule has 1 aliphatic rings. The highest BCUT2D eigenvalue weighted by Gasteiger charge is 2.36. The number of fused-ring (bicyclic) bond motifs is 1. The molecule has 1 saturated heterocycles. The summed E-state index contributed by atoms with van der Waals surface area (Å²) in [5.74, 6) is -0.751. The van der Waals surface area contributed by atoms with Gasteiger partial charge >= 0.3 is 0 Å². The Morgan fingerprint density at radius 3 is 2.48 bits per heavy atom. The van der Waals surface area contributed by atoms with Crippen LogP contribution >= 0.6 is 0 Å². The van der Waals surface area contributed by atoms with E-state index in [2.05, 4.69) is 9.71 Å². The lowest BCUT2D eigenvalue weighted by Gasteiger charge is -2.15. The van der Waals surface area contributed by atoms with Gasteiger partial charge in [0.25, 0.3) is 0 Å². The van der Waals surface area contributed by atoms with Crippen molar-refractivity contribution >= 4 is 42.5 Å². The monoisotopic (exact) mass is 433 g/mol. The van der Waals surface area contributed by atoms with Crippen LogP contribution in [0.2, 0.25) is 0 Å². The van der Waals surface area contributed by atoms with Crippen molar-refractivity contribution in [1.82, 2.24) is 9.71 Å². The Balaban J connectivity index is 1.45. The Kier molecular flexibility index (Phi) is 4.93. The molecule has 0 radical (unpaired) electrons. The van der Waals surface area contributed by atoms with E-state index in [1.54, 1.807) is 0 Å². The van der Waals surface area contributed by atoms with Crippen molar-refractivity contribution in [1.29, 1.82) is 0 Å². The summed E-state index contributed by atoms with van der Waals surface area (Å²) in [4.78, 5) is 15.0. The zero-order chi connectivity index (χ0) is 20.6. The third kappa shape index (κ3) is 3.78. The maximum atomic E-state index is 12.5. The third-order valence-corrected chi connectivity index (χ3v) is 7.99. The number of aromatic nitrogens is 1. The molecule has 1 aliphatic heterocycles. The predicted molar refractivity (Wildman–Crippen MR) is 110 cm³/mol. The molecule has 3 aromatic rings. The van der Waals surface area contributed by atoms with Gasteiger partial charge in [-0.15, -0.1) is 0 Å². The Labute approximate surface area is 168 Å². The number of carbonyl (C=O) groups excluding carboxylic acids is 1. The lowest BCUT2D eigenvalue weighted by atomic mass is 10.1. The average Bonchev–Trinajstić information content (AvgIpc) is 3.22. The van der Waals surface area contributed by atoms with Crippen LogP contribution in [0, 0.1) is 0 Å². The van der Waals surface area contributed by atoms with E-state index < -0.39 is 26.0 Å². The van der Waals surface area contributed by atoms with E-state index >= 15 is 0 Å². The third-order valence-electron chi connectivity index (χ3n) is 4.82. The number of anilines is 1. The molecule has 0 atom stereocenters. The number of benzene rings is 2. The number of nitrogens with one attached hydrogen (secondary N) is 2. The molecule has 2 heterocycles. The fourth-order valence-electron chi connectivity index (χ4n) is 3.37. The van der Waals surface area contributed by atoms with Crippen LogP contribution in [0.25, 0.3) is 10.9 Å². The van der Waals surface area contributed by atoms with Gasteiger partial charge in [0, 0.05) is 30.1 Å². The van der Waals surface area contributed by atoms with Crippen LogP contribution in [0.15, 0.2) is 59.6 Å². The fourth-order valence-corrected chi connectivity index (χ4v) is 5.86. The lowest BCUT2D eigenvalue weighted by molar-refractivity contribution is -0.116. The number of amides is 1. The first-order valence-electron chi connectivity index (χ1n) is 8.98. The Hall–Kier alpha value is -2.69. The highest BCUT2D eigenvalue weighted by molar-refractivity contribution is 7.94. The summed E-state index contributed by atoms with van der Waals surface area (Å²) in [6.07, 6.45) is 2.31. The van der Waals surface area contributed by atoms with Gasteiger partial charge in [0.1, 0.15) is 0 Å². The van der Waals surface area contributed by atoms with Gasteiger partial charge in [0.15, 0.2) is 0 Å². The molecule has 1 aromatic heterocycles. The average molecular weight is 434 g/mol. The largest absolute Gasteiger partial charge is 0.361 e. The van der Waals surface area contributed by atoms with E-state index in [4.69, 9.17) is 0 Å². The molecule has 0 saturated carbocycles. The summed E-state index contributed by atoms with van der Waals surface area (Å²) in [5.41, 5.74) is 2.15. The second-order valence-corrected chi connectivity index (χ2v) is 10.4. The summed E-state index contributed by atoms with van der Waals surface area (Å²) >= 11 is 0. The standard InChI is InChI=1S/C19H19N3O5S2/c23-19-10-12-28(24,25)22(19)15-5-7-16(8-6-15)29(26,27)21-11-9-14-13-20-18-4-2-1-3-17(14)18/h1-8,13,20-21H,9-12H2. The van der Waals surface area contributed by atoms with Gasteiger partial charge < -0.3 is 4.98 Å². The van der Waals surface area contributed by atoms with Gasteiger partial charge in [-0.1, -0.05) is 18.2 Å². The Morgan fingerprint density at radius 1 is 1.07 bits per heavy atom. The van der Waals surface area contributed by atoms with Crippen molar-refractivity contribution in [3.05, 3.63) is 60.3 Å². The highest BCUT2D eigenvalue weighted by atomic mass is 32.2. The first-order chi connectivity index (χ1) is 13.8. The Morgan fingerprint density at radius 2 is 1.79 bits per heavy atom. The molecular formula is C19H19N3O5S2. The predicted octanol–water partition coefficient (Wildman–Crippen LogP) is 1.76. The normalized spacial score (nSPS) is 16.6. The SMILES string of the molecule is O=C1CCS(=O)(=O)N1c1ccc(S(=O)(=O)NCCc2c[nH]c3ccccc23)cc1. The molecular weight excluding hydrogens is 414 g/mol. The maximum absolute atomic E-state index is 12.5. The van der Waals surface area contributed by atoms with E-state index in [9.17, 15) is 21.6 Å². The topological polar surface area (TPSA) is 116 Å². The number of para-hydroxylation sites is 1. The molecule has 1 fully saturated rings. The van der Waals surface area contributed by atoms with Crippen LogP contribution in [0.5, 0.6) is 0 Å². The smallest absolute Gasteiger partial charge is 0.242 e. The van der Waals surface area contributed by atoms with Gasteiger partial charge in [0.05, 0.1) is 16.3 Å². The number of rotatable bonds is 6. The molecule has 0 spiro atoms. The molecule has 0 aliphatic carbocycles. The quantitative estimate of drug-likeness (QED) is 0.614. The lowest BCUT2D eigenvalue weighted by Crippen LogP contribution is -2.29. The number of aromatic amines is 1. The van der Waals surface area contributed by atoms with E-state index in [1.165, 1.54) is 24.3 Å². The van der Waals surface area contributed by atoms with Crippen LogP contribution in [0.4, 0.5) is 5.69 Å². The maximum Gasteiger partial charge on any atom is 0.242 e. The minimum Gasteiger partial charge on any atom is -0.361 e. The molecule has 152 valence electrons. The number of hydrogen-bond acceptors (Lipinski definition) is 5. The molecule has 10 heteroatoms. The summed E-state index contributed by atoms with van der Waals surface area (Å²) in [6.45, 7) is 0.213. The van der Waals surface area contributed by atoms with Crippen molar-refractivity contribution < 1.29 is 21.6 Å². The van der Waals surface area contributed by atoms with Gasteiger partial charge in [-0.2, -0.15) is 0 Å². The zero-order valence-corrected chi connectivity index (χ0v) is 17.0. The summed E-state index contributed by atoms with van der Waals surface area (Å²) < 4.78 is 52.3. The second kappa shape index (κ2) is 7.29. The first kappa shape index (κ1) is 19.6. The van der Waals surface area contributed by atoms with E-state index in [-0.39, 0.29) is 29.3 Å². The van der Waals surface area contributed by atoms with Crippen LogP contribution in [0.3, 0.4) is 0 Å². The highest BCUT2D eigenvalue weighted by Crippen LogP contribution is 2.26. The molecule has 1 amide bonds. The summed E-state index contributed by atoms with van der Waals surface area (Å²) in [7, 11) is -7.44. The van der Waals surface area contributed by atoms with Crippen LogP contribution in [0.1, 0.15) is 12.0 Å². The van der Waals surface area contributed by atoms with Crippen molar-refractivity contribution in [3.63, 3.8) is 0 Å². The molecule has 0 bridgehead atoms. The molecule has 4 rings (SSSR count). The van der Waals surface area contributed by atoms with Gasteiger partial charge in [-0.25, -0.2) is 25.9 Å². The van der Waals surface area contributed by atoms with E-state index in [1.807, 2.05) is 30.5 Å². The first-order valence-corrected chi connectivity index (χ1v) is 12.1. The minimum absolute atomic E-state index is 0.00391. The summed E-state index contributed by atoms with van der Waals surface area (Å²) in [5, 5.41) is 1.05. The van der Waals surface area contributed by atoms with Gasteiger partial charge in [-0.3, -0.25) is 4.79 Å². The van der Waals surface area contributed by atoms with E-state index in [0.29, 0.717) is 6.42 Å².